The second-order valence-corrected chi connectivity index (χ2v) is 19.6. The first kappa shape index (κ1) is 37.2. The molecule has 0 fully saturated rings. The number of aromatic nitrogens is 4. The van der Waals surface area contributed by atoms with E-state index in [-0.39, 0.29) is 0 Å². The summed E-state index contributed by atoms with van der Waals surface area (Å²) in [6, 6.07) is 0. The van der Waals surface area contributed by atoms with Gasteiger partial charge in [0.25, 0.3) is 0 Å². The predicted molar refractivity (Wildman–Crippen MR) is 235 cm³/mol. The summed E-state index contributed by atoms with van der Waals surface area (Å²) in [7, 11) is 0. The Morgan fingerprint density at radius 1 is 0.453 bits per heavy atom. The molecule has 0 radical (unpaired) electrons. The number of hydrogen-bond donors (Lipinski definition) is 2. The van der Waals surface area contributed by atoms with Gasteiger partial charge in [0, 0.05) is 22.5 Å². The molecule has 6 nitrogen and oxygen atoms in total. The highest BCUT2D eigenvalue weighted by Gasteiger charge is 2.28. The lowest BCUT2D eigenvalue weighted by atomic mass is 10.0. The summed E-state index contributed by atoms with van der Waals surface area (Å²) in [6.45, 7) is 4.54. The molecule has 0 saturated heterocycles. The number of carbonyl (C=O) groups excluding carboxylic acids is 2. The van der Waals surface area contributed by atoms with Gasteiger partial charge in [0.1, 0.15) is 22.1 Å². The summed E-state index contributed by atoms with van der Waals surface area (Å²) in [5, 5.41) is 2.25. The first-order chi connectivity index (χ1) is 26.2. The highest BCUT2D eigenvalue weighted by Crippen LogP contribution is 2.51. The molecule has 0 bridgehead atoms. The van der Waals surface area contributed by atoms with Gasteiger partial charge in [-0.2, -0.15) is 0 Å². The lowest BCUT2D eigenvalue weighted by Crippen LogP contribution is -1.89. The molecule has 8 aromatic rings. The molecular weight excluding hydrogens is 753 g/mol. The van der Waals surface area contributed by atoms with E-state index >= 15 is 0 Å². The highest BCUT2D eigenvalue weighted by molar-refractivity contribution is 7.35. The lowest BCUT2D eigenvalue weighted by molar-refractivity contribution is 0.111. The monoisotopic (exact) mass is 802 g/mol. The maximum Gasteiger partial charge on any atom is 0.160 e. The number of carbonyl (C=O) groups is 2. The summed E-state index contributed by atoms with van der Waals surface area (Å²) in [5.74, 6) is 0. The molecule has 0 unspecified atom stereocenters. The van der Waals surface area contributed by atoms with Crippen LogP contribution in [0.15, 0.2) is 0 Å². The SMILES string of the molecule is CCCCCCCCCCCc1c(C=O)sc2c1sc1c2nc2c3nc4c5sc(C=O)c(CCCCCCCCCCC)c5sc4c3c3[nH]s[nH]c3c21. The van der Waals surface area contributed by atoms with Crippen LogP contribution in [0, 0.1) is 0 Å². The van der Waals surface area contributed by atoms with Gasteiger partial charge in [0.05, 0.1) is 49.0 Å². The van der Waals surface area contributed by atoms with Crippen LogP contribution in [0.5, 0.6) is 0 Å². The molecule has 2 N–H and O–H groups in total. The van der Waals surface area contributed by atoms with Crippen molar-refractivity contribution < 1.29 is 9.59 Å². The number of aromatic amines is 2. The standard InChI is InChI=1S/C42H50N4O2S5/c1-3-5-7-9-11-13-15-17-19-21-25-27(23-47)49-41-35-39(51-37(25)41)29-31(43-35)32-30(34-33(29)45-53-46-34)40-36(44-32)42-38(52-40)26(28(24-48)50-42)22-20-18-16-14-12-10-8-6-4-2/h23-24,45-46H,3-22H2,1-2H3. The van der Waals surface area contributed by atoms with Crippen molar-refractivity contribution in [2.24, 2.45) is 0 Å². The Morgan fingerprint density at radius 3 is 1.21 bits per heavy atom. The number of nitrogens with zero attached hydrogens (tertiary/aromatic N) is 2. The summed E-state index contributed by atoms with van der Waals surface area (Å²) in [6.07, 6.45) is 27.3. The van der Waals surface area contributed by atoms with Gasteiger partial charge in [-0.3, -0.25) is 18.3 Å². The minimum absolute atomic E-state index is 0.863. The Kier molecular flexibility index (Phi) is 11.9. The van der Waals surface area contributed by atoms with Gasteiger partial charge in [0.15, 0.2) is 12.6 Å². The van der Waals surface area contributed by atoms with Crippen molar-refractivity contribution in [1.82, 2.24) is 18.7 Å². The normalized spacial score (nSPS) is 12.5. The van der Waals surface area contributed by atoms with Crippen LogP contribution in [0.2, 0.25) is 0 Å². The first-order valence-corrected chi connectivity index (χ1v) is 24.2. The molecular formula is C42H50N4O2S5. The number of fused-ring (bicyclic) bond motifs is 14. The molecule has 0 aliphatic heterocycles. The van der Waals surface area contributed by atoms with Gasteiger partial charge < -0.3 is 0 Å². The zero-order chi connectivity index (χ0) is 36.3. The van der Waals surface area contributed by atoms with E-state index in [0.29, 0.717) is 0 Å². The van der Waals surface area contributed by atoms with Crippen molar-refractivity contribution in [3.63, 3.8) is 0 Å². The highest BCUT2D eigenvalue weighted by atomic mass is 32.1. The number of hydrogen-bond acceptors (Lipinski definition) is 9. The number of aryl methyl sites for hydroxylation is 2. The van der Waals surface area contributed by atoms with Crippen molar-refractivity contribution in [3.8, 4) is 0 Å². The average molecular weight is 803 g/mol. The molecule has 0 spiro atoms. The molecule has 11 heteroatoms. The van der Waals surface area contributed by atoms with E-state index in [1.807, 2.05) is 0 Å². The van der Waals surface area contributed by atoms with Crippen LogP contribution in [-0.2, 0) is 12.8 Å². The van der Waals surface area contributed by atoms with E-state index in [1.165, 1.54) is 144 Å². The van der Waals surface area contributed by atoms with Gasteiger partial charge in [-0.15, -0.1) is 45.3 Å². The minimum Gasteiger partial charge on any atom is -0.297 e. The maximum absolute atomic E-state index is 12.3. The zero-order valence-corrected chi connectivity index (χ0v) is 35.1. The lowest BCUT2D eigenvalue weighted by Gasteiger charge is -2.03. The van der Waals surface area contributed by atoms with E-state index in [2.05, 4.69) is 22.6 Å². The second-order valence-electron chi connectivity index (χ2n) is 14.9. The Balaban J connectivity index is 1.08. The van der Waals surface area contributed by atoms with Crippen LogP contribution >= 0.6 is 57.1 Å². The molecule has 1 aromatic carbocycles. The summed E-state index contributed by atoms with van der Waals surface area (Å²) in [4.78, 5) is 37.0. The molecule has 0 amide bonds. The average Bonchev–Trinajstić information content (AvgIpc) is 4.02. The third-order valence-electron chi connectivity index (χ3n) is 11.2. The molecule has 0 aliphatic rings. The summed E-state index contributed by atoms with van der Waals surface area (Å²) >= 11 is 8.33. The molecule has 53 heavy (non-hydrogen) atoms. The fourth-order valence-corrected chi connectivity index (χ4v) is 14.4. The van der Waals surface area contributed by atoms with Gasteiger partial charge >= 0.3 is 0 Å². The Labute approximate surface area is 331 Å². The van der Waals surface area contributed by atoms with E-state index in [9.17, 15) is 9.59 Å². The van der Waals surface area contributed by atoms with Crippen LogP contribution in [-0.4, -0.2) is 31.3 Å². The van der Waals surface area contributed by atoms with E-state index in [1.54, 1.807) is 45.3 Å². The Morgan fingerprint density at radius 2 is 0.830 bits per heavy atom. The van der Waals surface area contributed by atoms with Crippen LogP contribution in [0.4, 0.5) is 0 Å². The fraction of sp³-hybridized carbons (Fsp3) is 0.524. The minimum atomic E-state index is 0.863. The molecule has 8 rings (SSSR count). The largest absolute Gasteiger partial charge is 0.297 e. The zero-order valence-electron chi connectivity index (χ0n) is 31.0. The Hall–Kier alpha value is -2.70. The third-order valence-corrected chi connectivity index (χ3v) is 16.9. The number of thiophene rings is 4. The quantitative estimate of drug-likeness (QED) is 0.0527. The van der Waals surface area contributed by atoms with Gasteiger partial charge in [-0.05, 0) is 36.8 Å². The van der Waals surface area contributed by atoms with Crippen molar-refractivity contribution >= 4 is 142 Å². The van der Waals surface area contributed by atoms with Crippen molar-refractivity contribution in [2.45, 2.75) is 142 Å². The second kappa shape index (κ2) is 17.0. The predicted octanol–water partition coefficient (Wildman–Crippen LogP) is 15.3. The van der Waals surface area contributed by atoms with E-state index in [4.69, 9.17) is 9.97 Å². The van der Waals surface area contributed by atoms with Crippen LogP contribution < -0.4 is 0 Å². The fourth-order valence-electron chi connectivity index (χ4n) is 8.34. The summed E-state index contributed by atoms with van der Waals surface area (Å²) in [5.41, 5.74) is 8.46. The van der Waals surface area contributed by atoms with Crippen LogP contribution in [0.3, 0.4) is 0 Å². The van der Waals surface area contributed by atoms with Gasteiger partial charge in [-0.1, -0.05) is 117 Å². The molecule has 0 aliphatic carbocycles. The van der Waals surface area contributed by atoms with Crippen LogP contribution in [0.1, 0.15) is 160 Å². The van der Waals surface area contributed by atoms with E-state index in [0.717, 1.165) is 101 Å². The maximum atomic E-state index is 12.3. The Bertz CT molecular complexity index is 2350. The molecule has 0 saturated carbocycles. The molecule has 7 aromatic heterocycles. The van der Waals surface area contributed by atoms with Crippen molar-refractivity contribution in [2.75, 3.05) is 0 Å². The van der Waals surface area contributed by atoms with Crippen molar-refractivity contribution in [1.29, 1.82) is 0 Å². The number of benzene rings is 1. The van der Waals surface area contributed by atoms with Crippen LogP contribution in [0.25, 0.3) is 72.1 Å². The first-order valence-electron chi connectivity index (χ1n) is 20.1. The van der Waals surface area contributed by atoms with Crippen molar-refractivity contribution in [3.05, 3.63) is 20.9 Å². The third kappa shape index (κ3) is 7.03. The number of nitrogens with one attached hydrogen (secondary N) is 2. The molecule has 0 atom stereocenters. The number of unbranched alkanes of at least 4 members (excludes halogenated alkanes) is 16. The smallest absolute Gasteiger partial charge is 0.160 e. The summed E-state index contributed by atoms with van der Waals surface area (Å²) < 4.78 is 14.3. The topological polar surface area (TPSA) is 91.5 Å². The number of H-pyrrole nitrogens is 2. The molecule has 7 heterocycles. The number of aldehydes is 2. The van der Waals surface area contributed by atoms with E-state index < -0.39 is 0 Å². The number of rotatable bonds is 22. The molecule has 280 valence electrons. The van der Waals surface area contributed by atoms with Gasteiger partial charge in [-0.25, -0.2) is 9.97 Å². The van der Waals surface area contributed by atoms with Gasteiger partial charge in [0.2, 0.25) is 0 Å².